The zero-order valence-corrected chi connectivity index (χ0v) is 23.9. The third-order valence-corrected chi connectivity index (χ3v) is 9.09. The van der Waals surface area contributed by atoms with E-state index in [1.54, 1.807) is 12.5 Å². The van der Waals surface area contributed by atoms with Crippen molar-refractivity contribution in [2.24, 2.45) is 0 Å². The highest BCUT2D eigenvalue weighted by atomic mass is 32.1. The fraction of sp³-hybridized carbons (Fsp3) is 0.467. The third-order valence-electron chi connectivity index (χ3n) is 7.91. The fourth-order valence-electron chi connectivity index (χ4n) is 5.72. The zero-order valence-electron chi connectivity index (χ0n) is 23.1. The van der Waals surface area contributed by atoms with Crippen LogP contribution in [0.5, 0.6) is 5.75 Å². The number of carbonyl (C=O) groups excluding carboxylic acids is 1. The van der Waals surface area contributed by atoms with Gasteiger partial charge in [-0.3, -0.25) is 14.4 Å². The molecule has 0 unspecified atom stereocenters. The van der Waals surface area contributed by atoms with Gasteiger partial charge in [-0.05, 0) is 61.9 Å². The number of carbonyl (C=O) groups is 1. The number of benzene rings is 1. The molecule has 1 amide bonds. The van der Waals surface area contributed by atoms with Gasteiger partial charge in [0, 0.05) is 64.1 Å². The Morgan fingerprint density at radius 3 is 2.77 bits per heavy atom. The lowest BCUT2D eigenvalue weighted by Gasteiger charge is -2.32. The van der Waals surface area contributed by atoms with E-state index in [0.717, 1.165) is 104 Å². The molecule has 3 aromatic heterocycles. The molecule has 2 saturated heterocycles. The van der Waals surface area contributed by atoms with Crippen LogP contribution in [-0.2, 0) is 13.1 Å². The van der Waals surface area contributed by atoms with Gasteiger partial charge in [0.1, 0.15) is 22.7 Å². The number of hydrogen-bond donors (Lipinski definition) is 1. The highest BCUT2D eigenvalue weighted by Gasteiger charge is 2.26. The Labute approximate surface area is 239 Å². The minimum absolute atomic E-state index is 0.140. The molecule has 210 valence electrons. The second-order valence-electron chi connectivity index (χ2n) is 10.8. The van der Waals surface area contributed by atoms with Crippen LogP contribution in [0.2, 0.25) is 0 Å². The van der Waals surface area contributed by atoms with E-state index in [9.17, 15) is 4.79 Å². The largest absolute Gasteiger partial charge is 0.494 e. The summed E-state index contributed by atoms with van der Waals surface area (Å²) < 4.78 is 7.93. The molecule has 6 rings (SSSR count). The second kappa shape index (κ2) is 12.3. The predicted octanol–water partition coefficient (Wildman–Crippen LogP) is 4.98. The summed E-state index contributed by atoms with van der Waals surface area (Å²) in [6, 6.07) is 10.7. The number of aryl methyl sites for hydroxylation is 2. The molecule has 0 aliphatic carbocycles. The van der Waals surface area contributed by atoms with Crippen molar-refractivity contribution in [1.29, 1.82) is 0 Å². The van der Waals surface area contributed by atoms with Crippen molar-refractivity contribution in [3.8, 4) is 5.75 Å². The first-order valence-corrected chi connectivity index (χ1v) is 15.2. The molecule has 2 fully saturated rings. The first-order chi connectivity index (χ1) is 19.6. The Balaban J connectivity index is 1.02. The number of nitrogens with zero attached hydrogens (tertiary/aromatic N) is 6. The third kappa shape index (κ3) is 6.13. The summed E-state index contributed by atoms with van der Waals surface area (Å²) in [6.07, 6.45) is 10.6. The van der Waals surface area contributed by atoms with Crippen molar-refractivity contribution in [2.75, 3.05) is 38.1 Å². The molecule has 0 saturated carbocycles. The fourth-order valence-corrected chi connectivity index (χ4v) is 6.84. The van der Waals surface area contributed by atoms with Gasteiger partial charge in [0.25, 0.3) is 5.91 Å². The summed E-state index contributed by atoms with van der Waals surface area (Å²) in [4.78, 5) is 28.4. The van der Waals surface area contributed by atoms with Gasteiger partial charge < -0.3 is 15.0 Å². The highest BCUT2D eigenvalue weighted by Crippen LogP contribution is 2.35. The van der Waals surface area contributed by atoms with Crippen molar-refractivity contribution in [3.05, 3.63) is 65.1 Å². The molecular weight excluding hydrogens is 522 g/mol. The Morgan fingerprint density at radius 2 is 1.98 bits per heavy atom. The van der Waals surface area contributed by atoms with Crippen molar-refractivity contribution in [1.82, 2.24) is 29.5 Å². The van der Waals surface area contributed by atoms with Crippen LogP contribution in [0, 0.1) is 6.92 Å². The SMILES string of the molecule is Cc1c(C(=O)N2CCCC2)sc2ncnc(NC3CCN(Cc4cccc(OCCCn5cccn5)c4)CC3)c12. The summed E-state index contributed by atoms with van der Waals surface area (Å²) in [5, 5.41) is 8.93. The van der Waals surface area contributed by atoms with E-state index in [0.29, 0.717) is 12.6 Å². The molecule has 2 aliphatic heterocycles. The van der Waals surface area contributed by atoms with Crippen molar-refractivity contribution < 1.29 is 9.53 Å². The van der Waals surface area contributed by atoms with Crippen molar-refractivity contribution >= 4 is 33.3 Å². The summed E-state index contributed by atoms with van der Waals surface area (Å²) in [5.74, 6) is 1.92. The van der Waals surface area contributed by atoms with Gasteiger partial charge in [0.05, 0.1) is 16.9 Å². The normalized spacial score (nSPS) is 16.6. The topological polar surface area (TPSA) is 88.4 Å². The number of ether oxygens (including phenoxy) is 1. The van der Waals surface area contributed by atoms with Crippen LogP contribution in [0.25, 0.3) is 10.2 Å². The lowest BCUT2D eigenvalue weighted by molar-refractivity contribution is 0.0797. The molecule has 9 nitrogen and oxygen atoms in total. The average Bonchev–Trinajstić information content (AvgIpc) is 3.75. The van der Waals surface area contributed by atoms with Crippen LogP contribution in [0.1, 0.15) is 52.9 Å². The molecule has 2 aliphatic rings. The Morgan fingerprint density at radius 1 is 1.12 bits per heavy atom. The molecule has 1 aromatic carbocycles. The van der Waals surface area contributed by atoms with E-state index in [2.05, 4.69) is 43.5 Å². The predicted molar refractivity (Wildman–Crippen MR) is 158 cm³/mol. The number of aromatic nitrogens is 4. The van der Waals surface area contributed by atoms with Gasteiger partial charge in [0.2, 0.25) is 0 Å². The minimum Gasteiger partial charge on any atom is -0.494 e. The van der Waals surface area contributed by atoms with Gasteiger partial charge >= 0.3 is 0 Å². The van der Waals surface area contributed by atoms with Crippen LogP contribution in [0.4, 0.5) is 5.82 Å². The van der Waals surface area contributed by atoms with E-state index in [1.807, 2.05) is 34.8 Å². The van der Waals surface area contributed by atoms with Gasteiger partial charge in [-0.15, -0.1) is 11.3 Å². The summed E-state index contributed by atoms with van der Waals surface area (Å²) in [6.45, 7) is 8.23. The summed E-state index contributed by atoms with van der Waals surface area (Å²) in [7, 11) is 0. The van der Waals surface area contributed by atoms with E-state index in [1.165, 1.54) is 16.9 Å². The van der Waals surface area contributed by atoms with E-state index < -0.39 is 0 Å². The molecule has 5 heterocycles. The average molecular weight is 560 g/mol. The molecule has 0 spiro atoms. The zero-order chi connectivity index (χ0) is 27.3. The number of likely N-dealkylation sites (tertiary alicyclic amines) is 2. The van der Waals surface area contributed by atoms with Gasteiger partial charge in [-0.2, -0.15) is 5.10 Å². The molecule has 0 atom stereocenters. The number of rotatable bonds is 10. The van der Waals surface area contributed by atoms with Crippen LogP contribution >= 0.6 is 11.3 Å². The van der Waals surface area contributed by atoms with E-state index in [4.69, 9.17) is 4.74 Å². The maximum absolute atomic E-state index is 13.1. The monoisotopic (exact) mass is 559 g/mol. The number of nitrogens with one attached hydrogen (secondary N) is 1. The molecular formula is C30H37N7O2S. The van der Waals surface area contributed by atoms with Gasteiger partial charge in [-0.25, -0.2) is 9.97 Å². The summed E-state index contributed by atoms with van der Waals surface area (Å²) >= 11 is 1.50. The molecule has 4 aromatic rings. The maximum Gasteiger partial charge on any atom is 0.264 e. The van der Waals surface area contributed by atoms with E-state index >= 15 is 0 Å². The summed E-state index contributed by atoms with van der Waals surface area (Å²) in [5.41, 5.74) is 2.28. The van der Waals surface area contributed by atoms with Crippen LogP contribution in [0.3, 0.4) is 0 Å². The minimum atomic E-state index is 0.140. The van der Waals surface area contributed by atoms with Crippen LogP contribution < -0.4 is 10.1 Å². The standard InChI is InChI=1S/C30H37N7O2S/c1-22-26-28(31-21-32-29(26)40-27(22)30(38)36-12-2-3-13-36)34-24-9-16-35(17-10-24)20-23-7-4-8-25(19-23)39-18-6-15-37-14-5-11-33-37/h4-5,7-8,11,14,19,21,24H,2-3,6,9-10,12-13,15-18,20H2,1H3,(H,31,32,34). The van der Waals surface area contributed by atoms with Crippen molar-refractivity contribution in [2.45, 2.75) is 58.2 Å². The Kier molecular flexibility index (Phi) is 8.24. The Hall–Kier alpha value is -3.50. The molecule has 40 heavy (non-hydrogen) atoms. The van der Waals surface area contributed by atoms with Gasteiger partial charge in [0.15, 0.2) is 0 Å². The quantitative estimate of drug-likeness (QED) is 0.274. The molecule has 1 N–H and O–H groups in total. The molecule has 10 heteroatoms. The second-order valence-corrected chi connectivity index (χ2v) is 11.8. The number of amides is 1. The van der Waals surface area contributed by atoms with Gasteiger partial charge in [-0.1, -0.05) is 12.1 Å². The lowest BCUT2D eigenvalue weighted by Crippen LogP contribution is -2.38. The molecule has 0 radical (unpaired) electrons. The molecule has 0 bridgehead atoms. The maximum atomic E-state index is 13.1. The van der Waals surface area contributed by atoms with Crippen LogP contribution in [0.15, 0.2) is 49.1 Å². The lowest BCUT2D eigenvalue weighted by atomic mass is 10.0. The number of anilines is 1. The van der Waals surface area contributed by atoms with Crippen LogP contribution in [-0.4, -0.2) is 74.3 Å². The van der Waals surface area contributed by atoms with E-state index in [-0.39, 0.29) is 5.91 Å². The highest BCUT2D eigenvalue weighted by molar-refractivity contribution is 7.20. The number of thiophene rings is 1. The first kappa shape index (κ1) is 26.7. The number of hydrogen-bond acceptors (Lipinski definition) is 8. The number of piperidine rings is 1. The smallest absolute Gasteiger partial charge is 0.264 e. The first-order valence-electron chi connectivity index (χ1n) is 14.4. The number of fused-ring (bicyclic) bond motifs is 1. The van der Waals surface area contributed by atoms with Crippen molar-refractivity contribution in [3.63, 3.8) is 0 Å². The Bertz CT molecular complexity index is 1420.